The van der Waals surface area contributed by atoms with Crippen molar-refractivity contribution in [3.05, 3.63) is 94.6 Å². The van der Waals surface area contributed by atoms with Gasteiger partial charge in [-0.15, -0.1) is 11.3 Å². The fourth-order valence-corrected chi connectivity index (χ4v) is 4.02. The SMILES string of the molecule is Cc1ccnc(N[C@H](c2cccnc2)c2cc(C)sc2NC(=O)c2ccco2)c1. The fourth-order valence-electron chi connectivity index (χ4n) is 3.07. The van der Waals surface area contributed by atoms with E-state index in [1.165, 1.54) is 17.6 Å². The summed E-state index contributed by atoms with van der Waals surface area (Å²) in [7, 11) is 0. The number of hydrogen-bond donors (Lipinski definition) is 2. The van der Waals surface area contributed by atoms with E-state index < -0.39 is 0 Å². The van der Waals surface area contributed by atoms with Gasteiger partial charge in [-0.05, 0) is 61.4 Å². The number of rotatable bonds is 6. The van der Waals surface area contributed by atoms with Gasteiger partial charge in [-0.3, -0.25) is 9.78 Å². The Labute approximate surface area is 172 Å². The zero-order chi connectivity index (χ0) is 20.2. The van der Waals surface area contributed by atoms with Crippen LogP contribution in [0.25, 0.3) is 0 Å². The van der Waals surface area contributed by atoms with E-state index in [4.69, 9.17) is 4.42 Å². The van der Waals surface area contributed by atoms with Gasteiger partial charge in [0, 0.05) is 29.0 Å². The van der Waals surface area contributed by atoms with E-state index in [1.807, 2.05) is 44.3 Å². The van der Waals surface area contributed by atoms with Crippen molar-refractivity contribution >= 4 is 28.1 Å². The van der Waals surface area contributed by atoms with E-state index in [2.05, 4.69) is 26.7 Å². The molecular weight excluding hydrogens is 384 g/mol. The lowest BCUT2D eigenvalue weighted by molar-refractivity contribution is 0.0997. The Morgan fingerprint density at radius 2 is 2.03 bits per heavy atom. The number of hydrogen-bond acceptors (Lipinski definition) is 6. The molecule has 0 saturated carbocycles. The first-order valence-electron chi connectivity index (χ1n) is 9.14. The average molecular weight is 404 g/mol. The van der Waals surface area contributed by atoms with Crippen molar-refractivity contribution in [2.45, 2.75) is 19.9 Å². The molecule has 2 N–H and O–H groups in total. The van der Waals surface area contributed by atoms with E-state index in [1.54, 1.807) is 24.5 Å². The van der Waals surface area contributed by atoms with Gasteiger partial charge in [0.1, 0.15) is 10.8 Å². The highest BCUT2D eigenvalue weighted by molar-refractivity contribution is 7.16. The number of amides is 1. The van der Waals surface area contributed by atoms with Crippen molar-refractivity contribution in [2.75, 3.05) is 10.6 Å². The minimum Gasteiger partial charge on any atom is -0.459 e. The number of nitrogens with zero attached hydrogens (tertiary/aromatic N) is 2. The summed E-state index contributed by atoms with van der Waals surface area (Å²) in [6, 6.07) is 13.0. The highest BCUT2D eigenvalue weighted by Crippen LogP contribution is 2.37. The van der Waals surface area contributed by atoms with Crippen LogP contribution in [-0.2, 0) is 0 Å². The Morgan fingerprint density at radius 1 is 1.14 bits per heavy atom. The van der Waals surface area contributed by atoms with Crippen LogP contribution in [0.1, 0.15) is 38.2 Å². The van der Waals surface area contributed by atoms with E-state index in [0.29, 0.717) is 0 Å². The molecule has 0 unspecified atom stereocenters. The van der Waals surface area contributed by atoms with Gasteiger partial charge in [0.2, 0.25) is 0 Å². The highest BCUT2D eigenvalue weighted by atomic mass is 32.1. The Hall–Kier alpha value is -3.45. The maximum absolute atomic E-state index is 12.6. The van der Waals surface area contributed by atoms with Crippen LogP contribution in [0, 0.1) is 13.8 Å². The van der Waals surface area contributed by atoms with Gasteiger partial charge >= 0.3 is 0 Å². The molecule has 0 aliphatic carbocycles. The molecule has 0 bridgehead atoms. The molecule has 4 rings (SSSR count). The number of furan rings is 1. The second-order valence-corrected chi connectivity index (χ2v) is 7.91. The Balaban J connectivity index is 1.72. The van der Waals surface area contributed by atoms with Gasteiger partial charge in [-0.2, -0.15) is 0 Å². The molecule has 4 aromatic heterocycles. The molecule has 0 spiro atoms. The summed E-state index contributed by atoms with van der Waals surface area (Å²) in [6.45, 7) is 4.04. The number of aromatic nitrogens is 2. The lowest BCUT2D eigenvalue weighted by atomic mass is 10.0. The molecule has 7 heteroatoms. The molecule has 4 heterocycles. The van der Waals surface area contributed by atoms with Crippen molar-refractivity contribution < 1.29 is 9.21 Å². The van der Waals surface area contributed by atoms with Crippen molar-refractivity contribution in [1.82, 2.24) is 9.97 Å². The number of nitrogens with one attached hydrogen (secondary N) is 2. The molecule has 0 aromatic carbocycles. The molecule has 0 aliphatic heterocycles. The van der Waals surface area contributed by atoms with Crippen LogP contribution >= 0.6 is 11.3 Å². The largest absolute Gasteiger partial charge is 0.459 e. The van der Waals surface area contributed by atoms with Crippen molar-refractivity contribution in [3.63, 3.8) is 0 Å². The molecule has 4 aromatic rings. The van der Waals surface area contributed by atoms with Crippen LogP contribution < -0.4 is 10.6 Å². The third kappa shape index (κ3) is 4.35. The smallest absolute Gasteiger partial charge is 0.291 e. The molecule has 0 radical (unpaired) electrons. The molecule has 1 atom stereocenters. The van der Waals surface area contributed by atoms with Gasteiger partial charge in [0.15, 0.2) is 5.76 Å². The van der Waals surface area contributed by atoms with Gasteiger partial charge < -0.3 is 15.1 Å². The second-order valence-electron chi connectivity index (χ2n) is 6.66. The molecule has 0 saturated heterocycles. The summed E-state index contributed by atoms with van der Waals surface area (Å²) < 4.78 is 5.23. The highest BCUT2D eigenvalue weighted by Gasteiger charge is 2.23. The monoisotopic (exact) mass is 404 g/mol. The van der Waals surface area contributed by atoms with E-state index in [-0.39, 0.29) is 17.7 Å². The first kappa shape index (κ1) is 18.9. The van der Waals surface area contributed by atoms with Gasteiger partial charge in [-0.25, -0.2) is 4.98 Å². The number of carbonyl (C=O) groups is 1. The molecule has 0 fully saturated rings. The van der Waals surface area contributed by atoms with Gasteiger partial charge in [-0.1, -0.05) is 6.07 Å². The molecule has 29 heavy (non-hydrogen) atoms. The summed E-state index contributed by atoms with van der Waals surface area (Å²) in [6.07, 6.45) is 6.82. The lowest BCUT2D eigenvalue weighted by Crippen LogP contribution is -2.17. The standard InChI is InChI=1S/C22H20N4O2S/c1-14-7-9-24-19(11-14)25-20(16-5-3-8-23-13-16)17-12-15(2)29-22(17)26-21(27)18-6-4-10-28-18/h3-13,20H,1-2H3,(H,24,25)(H,26,27)/t20-/m1/s1. The zero-order valence-corrected chi connectivity index (χ0v) is 16.9. The van der Waals surface area contributed by atoms with E-state index >= 15 is 0 Å². The van der Waals surface area contributed by atoms with Crippen LogP contribution in [0.15, 0.2) is 71.7 Å². The average Bonchev–Trinajstić information content (AvgIpc) is 3.37. The molecule has 6 nitrogen and oxygen atoms in total. The van der Waals surface area contributed by atoms with Crippen molar-refractivity contribution in [1.29, 1.82) is 0 Å². The number of aryl methyl sites for hydroxylation is 2. The summed E-state index contributed by atoms with van der Waals surface area (Å²) in [5.74, 6) is 0.746. The maximum Gasteiger partial charge on any atom is 0.291 e. The Bertz CT molecular complexity index is 1110. The number of pyridine rings is 2. The molecule has 0 aliphatic rings. The Morgan fingerprint density at radius 3 is 2.76 bits per heavy atom. The summed E-state index contributed by atoms with van der Waals surface area (Å²) in [5.41, 5.74) is 3.03. The van der Waals surface area contributed by atoms with Crippen LogP contribution in [0.3, 0.4) is 0 Å². The fraction of sp³-hybridized carbons (Fsp3) is 0.136. The second kappa shape index (κ2) is 8.28. The summed E-state index contributed by atoms with van der Waals surface area (Å²) >= 11 is 1.52. The molecule has 146 valence electrons. The third-order valence-corrected chi connectivity index (χ3v) is 5.37. The first-order valence-corrected chi connectivity index (χ1v) is 9.96. The summed E-state index contributed by atoms with van der Waals surface area (Å²) in [5, 5.41) is 7.24. The topological polar surface area (TPSA) is 80.0 Å². The minimum absolute atomic E-state index is 0.227. The van der Waals surface area contributed by atoms with Crippen molar-refractivity contribution in [2.24, 2.45) is 0 Å². The quantitative estimate of drug-likeness (QED) is 0.462. The van der Waals surface area contributed by atoms with Gasteiger partial charge in [0.05, 0.1) is 12.3 Å². The van der Waals surface area contributed by atoms with Gasteiger partial charge in [0.25, 0.3) is 5.91 Å². The summed E-state index contributed by atoms with van der Waals surface area (Å²) in [4.78, 5) is 22.3. The molecular formula is C22H20N4O2S. The van der Waals surface area contributed by atoms with Crippen LogP contribution in [0.2, 0.25) is 0 Å². The zero-order valence-electron chi connectivity index (χ0n) is 16.0. The van der Waals surface area contributed by atoms with Crippen LogP contribution in [0.5, 0.6) is 0 Å². The predicted molar refractivity (Wildman–Crippen MR) is 114 cm³/mol. The predicted octanol–water partition coefficient (Wildman–Crippen LogP) is 5.20. The maximum atomic E-state index is 12.6. The number of thiophene rings is 1. The third-order valence-electron chi connectivity index (χ3n) is 4.39. The molecule has 1 amide bonds. The van der Waals surface area contributed by atoms with E-state index in [0.717, 1.165) is 32.4 Å². The number of anilines is 2. The van der Waals surface area contributed by atoms with Crippen LogP contribution in [-0.4, -0.2) is 15.9 Å². The van der Waals surface area contributed by atoms with E-state index in [9.17, 15) is 4.79 Å². The first-order chi connectivity index (χ1) is 14.1. The number of carbonyl (C=O) groups excluding carboxylic acids is 1. The lowest BCUT2D eigenvalue weighted by Gasteiger charge is -2.20. The minimum atomic E-state index is -0.281. The van der Waals surface area contributed by atoms with Crippen LogP contribution in [0.4, 0.5) is 10.8 Å². The Kier molecular flexibility index (Phi) is 5.39. The normalized spacial score (nSPS) is 11.8. The van der Waals surface area contributed by atoms with Crippen molar-refractivity contribution in [3.8, 4) is 0 Å².